The molecule has 0 unspecified atom stereocenters. The number of rotatable bonds is 4. The Balaban J connectivity index is 0.00000128. The molecule has 0 aliphatic heterocycles. The Kier molecular flexibility index (Phi) is 4.92. The molecular weight excluding hydrogens is 248 g/mol. The molecule has 1 heterocycles. The van der Waals surface area contributed by atoms with E-state index >= 15 is 0 Å². The van der Waals surface area contributed by atoms with Gasteiger partial charge in [0.05, 0.1) is 12.5 Å². The molecule has 6 heteroatoms. The van der Waals surface area contributed by atoms with Gasteiger partial charge in [-0.25, -0.2) is 0 Å². The molecule has 2 N–H and O–H groups in total. The fraction of sp³-hybridized carbons (Fsp3) is 0.300. The summed E-state index contributed by atoms with van der Waals surface area (Å²) in [6.45, 7) is 0.628. The standard InChI is InChI=1S/C10H12N2O2S.ClH/c1-13-8-4-2-3-7-9(8)14-12-10(7)15-6-5-11;/h2-4H,5-6,11H2,1H3;1H. The Morgan fingerprint density at radius 1 is 1.50 bits per heavy atom. The summed E-state index contributed by atoms with van der Waals surface area (Å²) in [6, 6.07) is 5.74. The summed E-state index contributed by atoms with van der Waals surface area (Å²) in [6.07, 6.45) is 0. The molecule has 2 aromatic rings. The van der Waals surface area contributed by atoms with Crippen molar-refractivity contribution in [3.05, 3.63) is 18.2 Å². The van der Waals surface area contributed by atoms with Crippen molar-refractivity contribution in [1.82, 2.24) is 5.16 Å². The molecule has 0 radical (unpaired) electrons. The molecule has 1 aromatic heterocycles. The van der Waals surface area contributed by atoms with E-state index in [2.05, 4.69) is 5.16 Å². The lowest BCUT2D eigenvalue weighted by Gasteiger charge is -1.98. The summed E-state index contributed by atoms with van der Waals surface area (Å²) in [7, 11) is 1.62. The fourth-order valence-electron chi connectivity index (χ4n) is 1.34. The van der Waals surface area contributed by atoms with Crippen LogP contribution in [0, 0.1) is 0 Å². The molecule has 16 heavy (non-hydrogen) atoms. The van der Waals surface area contributed by atoms with Crippen LogP contribution in [-0.2, 0) is 0 Å². The van der Waals surface area contributed by atoms with Crippen molar-refractivity contribution in [1.29, 1.82) is 0 Å². The van der Waals surface area contributed by atoms with Gasteiger partial charge < -0.3 is 15.0 Å². The second kappa shape index (κ2) is 5.98. The first-order chi connectivity index (χ1) is 7.36. The first-order valence-electron chi connectivity index (χ1n) is 4.62. The van der Waals surface area contributed by atoms with Gasteiger partial charge in [-0.05, 0) is 12.1 Å². The van der Waals surface area contributed by atoms with Gasteiger partial charge in [0.2, 0.25) is 5.58 Å². The number of fused-ring (bicyclic) bond motifs is 1. The highest BCUT2D eigenvalue weighted by atomic mass is 35.5. The number of benzene rings is 1. The number of nitrogens with zero attached hydrogens (tertiary/aromatic N) is 1. The van der Waals surface area contributed by atoms with Crippen LogP contribution in [0.4, 0.5) is 0 Å². The van der Waals surface area contributed by atoms with Crippen molar-refractivity contribution in [3.8, 4) is 5.75 Å². The van der Waals surface area contributed by atoms with Crippen molar-refractivity contribution in [2.45, 2.75) is 5.03 Å². The molecule has 88 valence electrons. The molecule has 0 aliphatic rings. The zero-order valence-electron chi connectivity index (χ0n) is 8.80. The lowest BCUT2D eigenvalue weighted by Crippen LogP contribution is -2.00. The van der Waals surface area contributed by atoms with Crippen LogP contribution in [0.3, 0.4) is 0 Å². The highest BCUT2D eigenvalue weighted by Gasteiger charge is 2.11. The quantitative estimate of drug-likeness (QED) is 0.855. The van der Waals surface area contributed by atoms with Crippen LogP contribution in [0.1, 0.15) is 0 Å². The summed E-state index contributed by atoms with van der Waals surface area (Å²) in [5.41, 5.74) is 6.14. The van der Waals surface area contributed by atoms with Gasteiger partial charge in [-0.2, -0.15) is 0 Å². The summed E-state index contributed by atoms with van der Waals surface area (Å²) in [5, 5.41) is 5.84. The first-order valence-corrected chi connectivity index (χ1v) is 5.60. The van der Waals surface area contributed by atoms with E-state index in [0.717, 1.165) is 16.2 Å². The summed E-state index contributed by atoms with van der Waals surface area (Å²) in [4.78, 5) is 0. The molecule has 0 amide bonds. The lowest BCUT2D eigenvalue weighted by molar-refractivity contribution is 0.388. The minimum Gasteiger partial charge on any atom is -0.493 e. The monoisotopic (exact) mass is 260 g/mol. The van der Waals surface area contributed by atoms with Gasteiger partial charge in [0.25, 0.3) is 0 Å². The molecule has 0 saturated carbocycles. The van der Waals surface area contributed by atoms with Gasteiger partial charge >= 0.3 is 0 Å². The number of hydrogen-bond acceptors (Lipinski definition) is 5. The third kappa shape index (κ3) is 2.42. The third-order valence-electron chi connectivity index (χ3n) is 2.01. The van der Waals surface area contributed by atoms with Crippen LogP contribution in [0.5, 0.6) is 5.75 Å². The van der Waals surface area contributed by atoms with Crippen molar-refractivity contribution in [3.63, 3.8) is 0 Å². The third-order valence-corrected chi connectivity index (χ3v) is 3.01. The number of para-hydroxylation sites is 1. The van der Waals surface area contributed by atoms with E-state index in [-0.39, 0.29) is 12.4 Å². The molecule has 1 aromatic carbocycles. The number of aromatic nitrogens is 1. The van der Waals surface area contributed by atoms with Gasteiger partial charge in [0.15, 0.2) is 5.75 Å². The molecule has 2 rings (SSSR count). The molecular formula is C10H13ClN2O2S. The Morgan fingerprint density at radius 3 is 3.00 bits per heavy atom. The first kappa shape index (κ1) is 13.2. The average Bonchev–Trinajstić information content (AvgIpc) is 2.69. The summed E-state index contributed by atoms with van der Waals surface area (Å²) < 4.78 is 10.4. The maximum atomic E-state index is 5.44. The van der Waals surface area contributed by atoms with Crippen molar-refractivity contribution in [2.75, 3.05) is 19.4 Å². The number of ether oxygens (including phenoxy) is 1. The van der Waals surface area contributed by atoms with Crippen LogP contribution < -0.4 is 10.5 Å². The normalized spacial score (nSPS) is 10.1. The number of hydrogen-bond donors (Lipinski definition) is 1. The van der Waals surface area contributed by atoms with Crippen LogP contribution >= 0.6 is 24.2 Å². The SMILES string of the molecule is COc1cccc2c(SCCN)noc12.Cl. The maximum Gasteiger partial charge on any atom is 0.209 e. The van der Waals surface area contributed by atoms with Crippen molar-refractivity contribution >= 4 is 35.1 Å². The Morgan fingerprint density at radius 2 is 2.31 bits per heavy atom. The average molecular weight is 261 g/mol. The van der Waals surface area contributed by atoms with E-state index in [0.29, 0.717) is 17.9 Å². The molecule has 0 aliphatic carbocycles. The molecule has 0 bridgehead atoms. The predicted molar refractivity (Wildman–Crippen MR) is 67.6 cm³/mol. The van der Waals surface area contributed by atoms with Gasteiger partial charge in [0, 0.05) is 12.3 Å². The van der Waals surface area contributed by atoms with Crippen LogP contribution in [0.2, 0.25) is 0 Å². The minimum absolute atomic E-state index is 0. The molecule has 0 fully saturated rings. The number of methoxy groups -OCH3 is 1. The van der Waals surface area contributed by atoms with E-state index in [9.17, 15) is 0 Å². The van der Waals surface area contributed by atoms with Crippen LogP contribution in [-0.4, -0.2) is 24.6 Å². The highest BCUT2D eigenvalue weighted by molar-refractivity contribution is 7.99. The smallest absolute Gasteiger partial charge is 0.209 e. The lowest BCUT2D eigenvalue weighted by atomic mass is 10.2. The topological polar surface area (TPSA) is 61.3 Å². The molecule has 0 atom stereocenters. The largest absolute Gasteiger partial charge is 0.493 e. The van der Waals surface area contributed by atoms with E-state index in [4.69, 9.17) is 15.0 Å². The van der Waals surface area contributed by atoms with Crippen LogP contribution in [0.25, 0.3) is 11.0 Å². The Bertz CT molecular complexity index is 461. The molecule has 0 spiro atoms. The van der Waals surface area contributed by atoms with E-state index in [1.807, 2.05) is 18.2 Å². The summed E-state index contributed by atoms with van der Waals surface area (Å²) in [5.74, 6) is 1.54. The predicted octanol–water partition coefficient (Wildman–Crippen LogP) is 2.31. The number of thioether (sulfide) groups is 1. The second-order valence-electron chi connectivity index (χ2n) is 2.96. The zero-order valence-corrected chi connectivity index (χ0v) is 10.4. The fourth-order valence-corrected chi connectivity index (χ4v) is 2.05. The zero-order chi connectivity index (χ0) is 10.7. The molecule has 4 nitrogen and oxygen atoms in total. The van der Waals surface area contributed by atoms with E-state index in [1.165, 1.54) is 0 Å². The number of halogens is 1. The number of nitrogens with two attached hydrogens (primary N) is 1. The van der Waals surface area contributed by atoms with Gasteiger partial charge in [0.1, 0.15) is 5.03 Å². The van der Waals surface area contributed by atoms with Gasteiger partial charge in [-0.3, -0.25) is 0 Å². The second-order valence-corrected chi connectivity index (χ2v) is 4.05. The Labute approximate surface area is 104 Å². The van der Waals surface area contributed by atoms with Gasteiger partial charge in [-0.15, -0.1) is 24.2 Å². The van der Waals surface area contributed by atoms with Crippen LogP contribution in [0.15, 0.2) is 27.7 Å². The van der Waals surface area contributed by atoms with E-state index in [1.54, 1.807) is 18.9 Å². The Hall–Kier alpha value is -0.910. The molecule has 0 saturated heterocycles. The van der Waals surface area contributed by atoms with Gasteiger partial charge in [-0.1, -0.05) is 11.2 Å². The van der Waals surface area contributed by atoms with E-state index < -0.39 is 0 Å². The van der Waals surface area contributed by atoms with Crippen molar-refractivity contribution in [2.24, 2.45) is 5.73 Å². The minimum atomic E-state index is 0. The summed E-state index contributed by atoms with van der Waals surface area (Å²) >= 11 is 1.59. The highest BCUT2D eigenvalue weighted by Crippen LogP contribution is 2.32. The maximum absolute atomic E-state index is 5.44. The van der Waals surface area contributed by atoms with Crippen molar-refractivity contribution < 1.29 is 9.26 Å².